The van der Waals surface area contributed by atoms with Gasteiger partial charge >= 0.3 is 5.97 Å². The molecule has 0 fully saturated rings. The number of rotatable bonds is 8. The maximum Gasteiger partial charge on any atom is 0.352 e. The smallest absolute Gasteiger partial charge is 0.352 e. The zero-order chi connectivity index (χ0) is 21.8. The number of hydrogen-bond donors (Lipinski definition) is 2. The summed E-state index contributed by atoms with van der Waals surface area (Å²) in [4.78, 5) is 12.4. The number of carbonyl (C=O) groups is 1. The van der Waals surface area contributed by atoms with Crippen molar-refractivity contribution in [3.8, 4) is 5.75 Å². The second-order valence-electron chi connectivity index (χ2n) is 7.62. The van der Waals surface area contributed by atoms with E-state index in [1.165, 1.54) is 0 Å². The Morgan fingerprint density at radius 1 is 1.00 bits per heavy atom. The molecule has 31 heavy (non-hydrogen) atoms. The van der Waals surface area contributed by atoms with Crippen molar-refractivity contribution in [2.75, 3.05) is 7.11 Å². The molecule has 5 nitrogen and oxygen atoms in total. The van der Waals surface area contributed by atoms with Crippen molar-refractivity contribution in [2.24, 2.45) is 0 Å². The lowest BCUT2D eigenvalue weighted by Crippen LogP contribution is -2.17. The van der Waals surface area contributed by atoms with Crippen LogP contribution in [0, 0.1) is 6.92 Å². The highest BCUT2D eigenvalue weighted by molar-refractivity contribution is 5.98. The number of benzene rings is 3. The summed E-state index contributed by atoms with van der Waals surface area (Å²) in [7, 11) is 1.62. The second kappa shape index (κ2) is 9.06. The molecule has 1 aromatic heterocycles. The third kappa shape index (κ3) is 4.32. The van der Waals surface area contributed by atoms with E-state index in [2.05, 4.69) is 17.4 Å². The van der Waals surface area contributed by atoms with Crippen molar-refractivity contribution in [1.82, 2.24) is 9.88 Å². The number of aromatic carboxylic acids is 1. The fraction of sp³-hybridized carbons (Fsp3) is 0.192. The molecule has 0 unspecified atom stereocenters. The minimum absolute atomic E-state index is 0.312. The number of fused-ring (bicyclic) bond motifs is 1. The number of carboxylic acids is 1. The molecule has 0 aliphatic rings. The largest absolute Gasteiger partial charge is 0.497 e. The van der Waals surface area contributed by atoms with E-state index in [0.717, 1.165) is 33.2 Å². The summed E-state index contributed by atoms with van der Waals surface area (Å²) in [6, 6.07) is 23.9. The second-order valence-corrected chi connectivity index (χ2v) is 7.62. The number of nitrogens with one attached hydrogen (secondary N) is 1. The van der Waals surface area contributed by atoms with Gasteiger partial charge in [-0.25, -0.2) is 4.79 Å². The van der Waals surface area contributed by atoms with Gasteiger partial charge in [-0.2, -0.15) is 0 Å². The first-order chi connectivity index (χ1) is 15.1. The lowest BCUT2D eigenvalue weighted by molar-refractivity contribution is 0.0684. The summed E-state index contributed by atoms with van der Waals surface area (Å²) < 4.78 is 7.31. The molecule has 1 heterocycles. The van der Waals surface area contributed by atoms with Crippen LogP contribution in [0.3, 0.4) is 0 Å². The predicted octanol–water partition coefficient (Wildman–Crippen LogP) is 4.99. The maximum absolute atomic E-state index is 12.4. The van der Waals surface area contributed by atoms with Crippen LogP contribution in [0.4, 0.5) is 0 Å². The van der Waals surface area contributed by atoms with Gasteiger partial charge in [-0.15, -0.1) is 0 Å². The van der Waals surface area contributed by atoms with Crippen molar-refractivity contribution in [1.29, 1.82) is 0 Å². The first-order valence-corrected chi connectivity index (χ1v) is 10.3. The average molecular weight is 415 g/mol. The van der Waals surface area contributed by atoms with E-state index in [0.29, 0.717) is 31.1 Å². The van der Waals surface area contributed by atoms with Gasteiger partial charge in [0, 0.05) is 36.7 Å². The molecule has 5 heteroatoms. The molecule has 0 atom stereocenters. The molecule has 0 saturated carbocycles. The molecule has 0 radical (unpaired) electrons. The van der Waals surface area contributed by atoms with Gasteiger partial charge in [0.05, 0.1) is 12.6 Å². The zero-order valence-electron chi connectivity index (χ0n) is 17.8. The Morgan fingerprint density at radius 2 is 1.74 bits per heavy atom. The molecule has 4 rings (SSSR count). The third-order valence-electron chi connectivity index (χ3n) is 5.64. The Kier molecular flexibility index (Phi) is 6.05. The van der Waals surface area contributed by atoms with Crippen LogP contribution in [-0.4, -0.2) is 22.8 Å². The number of aryl methyl sites for hydroxylation is 1. The van der Waals surface area contributed by atoms with E-state index in [1.807, 2.05) is 72.2 Å². The van der Waals surface area contributed by atoms with Crippen LogP contribution in [-0.2, 0) is 19.6 Å². The molecule has 0 aliphatic carbocycles. The number of hydrogen-bond acceptors (Lipinski definition) is 3. The molecule has 0 bridgehead atoms. The van der Waals surface area contributed by atoms with Crippen LogP contribution in [0.25, 0.3) is 10.9 Å². The SMILES string of the molecule is COc1ccc2c(CNCc3ccccc3)c(C(=O)O)n(Cc3ccccc3C)c2c1. The minimum atomic E-state index is -0.930. The van der Waals surface area contributed by atoms with Crippen LogP contribution in [0.5, 0.6) is 5.75 Å². The number of carboxylic acid groups (broad SMARTS) is 1. The first kappa shape index (κ1) is 20.7. The van der Waals surface area contributed by atoms with E-state index in [-0.39, 0.29) is 0 Å². The van der Waals surface area contributed by atoms with Crippen LogP contribution in [0.15, 0.2) is 72.8 Å². The van der Waals surface area contributed by atoms with Gasteiger partial charge < -0.3 is 19.7 Å². The van der Waals surface area contributed by atoms with Gasteiger partial charge in [0.25, 0.3) is 0 Å². The summed E-state index contributed by atoms with van der Waals surface area (Å²) in [5.41, 5.74) is 5.34. The Morgan fingerprint density at radius 3 is 2.45 bits per heavy atom. The summed E-state index contributed by atoms with van der Waals surface area (Å²) in [6.07, 6.45) is 0. The summed E-state index contributed by atoms with van der Waals surface area (Å²) >= 11 is 0. The van der Waals surface area contributed by atoms with Crippen molar-refractivity contribution in [3.63, 3.8) is 0 Å². The number of ether oxygens (including phenoxy) is 1. The van der Waals surface area contributed by atoms with Crippen LogP contribution in [0.1, 0.15) is 32.7 Å². The highest BCUT2D eigenvalue weighted by atomic mass is 16.5. The summed E-state index contributed by atoms with van der Waals surface area (Å²) in [6.45, 7) is 3.65. The van der Waals surface area contributed by atoms with Gasteiger partial charge in [0.15, 0.2) is 0 Å². The topological polar surface area (TPSA) is 63.5 Å². The Balaban J connectivity index is 1.78. The van der Waals surface area contributed by atoms with Crippen LogP contribution < -0.4 is 10.1 Å². The van der Waals surface area contributed by atoms with Gasteiger partial charge in [0.1, 0.15) is 11.4 Å². The molecule has 3 aromatic carbocycles. The normalized spacial score (nSPS) is 11.0. The molecule has 0 aliphatic heterocycles. The average Bonchev–Trinajstić information content (AvgIpc) is 3.09. The van der Waals surface area contributed by atoms with E-state index in [1.54, 1.807) is 7.11 Å². The minimum Gasteiger partial charge on any atom is -0.497 e. The third-order valence-corrected chi connectivity index (χ3v) is 5.64. The van der Waals surface area contributed by atoms with Crippen molar-refractivity contribution in [3.05, 3.63) is 101 Å². The fourth-order valence-electron chi connectivity index (χ4n) is 4.00. The van der Waals surface area contributed by atoms with Gasteiger partial charge in [0.2, 0.25) is 0 Å². The summed E-state index contributed by atoms with van der Waals surface area (Å²) in [5.74, 6) is -0.225. The van der Waals surface area contributed by atoms with Gasteiger partial charge in [-0.3, -0.25) is 0 Å². The molecule has 0 amide bonds. The Hall–Kier alpha value is -3.57. The molecule has 158 valence electrons. The monoisotopic (exact) mass is 414 g/mol. The molecular weight excluding hydrogens is 388 g/mol. The molecule has 4 aromatic rings. The Labute approximate surface area is 181 Å². The Bertz CT molecular complexity index is 1210. The quantitative estimate of drug-likeness (QED) is 0.426. The highest BCUT2D eigenvalue weighted by Gasteiger charge is 2.23. The van der Waals surface area contributed by atoms with Crippen LogP contribution in [0.2, 0.25) is 0 Å². The van der Waals surface area contributed by atoms with E-state index in [9.17, 15) is 9.90 Å². The maximum atomic E-state index is 12.4. The molecular formula is C26H26N2O3. The highest BCUT2D eigenvalue weighted by Crippen LogP contribution is 2.31. The van der Waals surface area contributed by atoms with Crippen molar-refractivity contribution >= 4 is 16.9 Å². The van der Waals surface area contributed by atoms with E-state index < -0.39 is 5.97 Å². The standard InChI is InChI=1S/C26H26N2O3/c1-18-8-6-7-11-20(18)17-28-24-14-21(31-2)12-13-22(24)23(25(28)26(29)30)16-27-15-19-9-4-3-5-10-19/h3-14,27H,15-17H2,1-2H3,(H,29,30). The number of methoxy groups -OCH3 is 1. The summed E-state index contributed by atoms with van der Waals surface area (Å²) in [5, 5.41) is 14.5. The predicted molar refractivity (Wildman–Crippen MR) is 123 cm³/mol. The number of aromatic nitrogens is 1. The van der Waals surface area contributed by atoms with Gasteiger partial charge in [-0.1, -0.05) is 54.6 Å². The molecule has 0 spiro atoms. The van der Waals surface area contributed by atoms with Gasteiger partial charge in [-0.05, 0) is 35.7 Å². The van der Waals surface area contributed by atoms with E-state index >= 15 is 0 Å². The van der Waals surface area contributed by atoms with E-state index in [4.69, 9.17) is 4.74 Å². The van der Waals surface area contributed by atoms with Crippen molar-refractivity contribution in [2.45, 2.75) is 26.6 Å². The lowest BCUT2D eigenvalue weighted by Gasteiger charge is -2.12. The fourth-order valence-corrected chi connectivity index (χ4v) is 4.00. The van der Waals surface area contributed by atoms with Crippen LogP contribution >= 0.6 is 0 Å². The van der Waals surface area contributed by atoms with Crippen molar-refractivity contribution < 1.29 is 14.6 Å². The zero-order valence-corrected chi connectivity index (χ0v) is 17.8. The first-order valence-electron chi connectivity index (χ1n) is 10.3. The lowest BCUT2D eigenvalue weighted by atomic mass is 10.1. The molecule has 2 N–H and O–H groups in total. The molecule has 0 saturated heterocycles. The number of nitrogens with zero attached hydrogens (tertiary/aromatic N) is 1.